The molecule has 1 amide bonds. The minimum atomic E-state index is -0.142. The molecule has 2 aromatic rings. The van der Waals surface area contributed by atoms with Crippen LogP contribution in [0.3, 0.4) is 0 Å². The van der Waals surface area contributed by atoms with Gasteiger partial charge in [0.05, 0.1) is 22.8 Å². The van der Waals surface area contributed by atoms with Crippen LogP contribution in [0, 0.1) is 13.8 Å². The van der Waals surface area contributed by atoms with E-state index in [0.717, 1.165) is 17.8 Å². The maximum Gasteiger partial charge on any atom is 0.255 e. The van der Waals surface area contributed by atoms with Crippen LogP contribution >= 0.6 is 11.6 Å². The zero-order valence-corrected chi connectivity index (χ0v) is 14.6. The van der Waals surface area contributed by atoms with Gasteiger partial charge < -0.3 is 10.1 Å². The lowest BCUT2D eigenvalue weighted by molar-refractivity contribution is 0.0924. The SMILES string of the molecule is CC[C@H](CNC(=O)c1c(C)nn(C)c1C)Oc1ccccc1Cl. The number of para-hydroxylation sites is 1. The Balaban J connectivity index is 2.00. The number of hydrogen-bond donors (Lipinski definition) is 1. The summed E-state index contributed by atoms with van der Waals surface area (Å²) in [4.78, 5) is 12.4. The molecule has 0 saturated carbocycles. The van der Waals surface area contributed by atoms with Gasteiger partial charge in [0.1, 0.15) is 11.9 Å². The molecule has 1 atom stereocenters. The second-order valence-corrected chi connectivity index (χ2v) is 5.87. The van der Waals surface area contributed by atoms with E-state index in [1.54, 1.807) is 10.7 Å². The number of carbonyl (C=O) groups is 1. The molecule has 0 aliphatic rings. The van der Waals surface area contributed by atoms with Crippen LogP contribution in [0.15, 0.2) is 24.3 Å². The Kier molecular flexibility index (Phi) is 5.66. The van der Waals surface area contributed by atoms with E-state index in [4.69, 9.17) is 16.3 Å². The minimum absolute atomic E-state index is 0.130. The highest BCUT2D eigenvalue weighted by molar-refractivity contribution is 6.32. The molecule has 2 rings (SSSR count). The van der Waals surface area contributed by atoms with Crippen LogP contribution in [-0.4, -0.2) is 28.3 Å². The predicted octanol–water partition coefficient (Wildman–Crippen LogP) is 3.28. The Morgan fingerprint density at radius 2 is 2.09 bits per heavy atom. The van der Waals surface area contributed by atoms with Gasteiger partial charge in [0.15, 0.2) is 0 Å². The molecule has 23 heavy (non-hydrogen) atoms. The van der Waals surface area contributed by atoms with Crippen LogP contribution < -0.4 is 10.1 Å². The Morgan fingerprint density at radius 3 is 2.65 bits per heavy atom. The topological polar surface area (TPSA) is 56.2 Å². The van der Waals surface area contributed by atoms with Gasteiger partial charge >= 0.3 is 0 Å². The van der Waals surface area contributed by atoms with Crippen molar-refractivity contribution in [1.82, 2.24) is 15.1 Å². The van der Waals surface area contributed by atoms with Gasteiger partial charge in [0.2, 0.25) is 0 Å². The Morgan fingerprint density at radius 1 is 1.39 bits per heavy atom. The highest BCUT2D eigenvalue weighted by Gasteiger charge is 2.19. The Hall–Kier alpha value is -2.01. The van der Waals surface area contributed by atoms with Crippen LogP contribution in [-0.2, 0) is 7.05 Å². The number of amides is 1. The largest absolute Gasteiger partial charge is 0.487 e. The average molecular weight is 336 g/mol. The second-order valence-electron chi connectivity index (χ2n) is 5.46. The number of hydrogen-bond acceptors (Lipinski definition) is 3. The molecule has 0 radical (unpaired) electrons. The van der Waals surface area contributed by atoms with Crippen LogP contribution in [0.5, 0.6) is 5.75 Å². The fourth-order valence-corrected chi connectivity index (χ4v) is 2.57. The van der Waals surface area contributed by atoms with Gasteiger partial charge in [-0.05, 0) is 32.4 Å². The molecular formula is C17H22ClN3O2. The molecule has 0 saturated heterocycles. The van der Waals surface area contributed by atoms with E-state index < -0.39 is 0 Å². The van der Waals surface area contributed by atoms with E-state index in [-0.39, 0.29) is 12.0 Å². The van der Waals surface area contributed by atoms with Crippen molar-refractivity contribution in [1.29, 1.82) is 0 Å². The molecule has 0 bridgehead atoms. The molecule has 0 unspecified atom stereocenters. The molecule has 6 heteroatoms. The molecule has 1 heterocycles. The van der Waals surface area contributed by atoms with E-state index in [2.05, 4.69) is 10.4 Å². The first-order chi connectivity index (χ1) is 10.9. The zero-order chi connectivity index (χ0) is 17.0. The summed E-state index contributed by atoms with van der Waals surface area (Å²) in [5.41, 5.74) is 2.20. The van der Waals surface area contributed by atoms with Crippen molar-refractivity contribution in [3.63, 3.8) is 0 Å². The summed E-state index contributed by atoms with van der Waals surface area (Å²) < 4.78 is 7.59. The maximum atomic E-state index is 12.4. The average Bonchev–Trinajstić information content (AvgIpc) is 2.78. The summed E-state index contributed by atoms with van der Waals surface area (Å²) in [6.45, 7) is 6.13. The molecule has 0 spiro atoms. The summed E-state index contributed by atoms with van der Waals surface area (Å²) in [7, 11) is 1.83. The van der Waals surface area contributed by atoms with Crippen molar-refractivity contribution in [2.75, 3.05) is 6.54 Å². The van der Waals surface area contributed by atoms with Crippen LogP contribution in [0.2, 0.25) is 5.02 Å². The molecule has 0 aliphatic heterocycles. The van der Waals surface area contributed by atoms with Gasteiger partial charge in [-0.2, -0.15) is 5.10 Å². The number of benzene rings is 1. The highest BCUT2D eigenvalue weighted by atomic mass is 35.5. The number of aromatic nitrogens is 2. The summed E-state index contributed by atoms with van der Waals surface area (Å²) in [6, 6.07) is 7.33. The van der Waals surface area contributed by atoms with E-state index in [9.17, 15) is 4.79 Å². The second kappa shape index (κ2) is 7.51. The summed E-state index contributed by atoms with van der Waals surface area (Å²) in [6.07, 6.45) is 0.618. The lowest BCUT2D eigenvalue weighted by Gasteiger charge is -2.19. The summed E-state index contributed by atoms with van der Waals surface area (Å²) >= 11 is 6.10. The molecule has 124 valence electrons. The number of ether oxygens (including phenoxy) is 1. The van der Waals surface area contributed by atoms with Crippen LogP contribution in [0.4, 0.5) is 0 Å². The van der Waals surface area contributed by atoms with Crippen molar-refractivity contribution >= 4 is 17.5 Å². The molecule has 1 N–H and O–H groups in total. The maximum absolute atomic E-state index is 12.4. The number of carbonyl (C=O) groups excluding carboxylic acids is 1. The first-order valence-electron chi connectivity index (χ1n) is 7.63. The van der Waals surface area contributed by atoms with Crippen molar-refractivity contribution in [2.24, 2.45) is 7.05 Å². The molecule has 1 aromatic carbocycles. The number of nitrogens with one attached hydrogen (secondary N) is 1. The lowest BCUT2D eigenvalue weighted by atomic mass is 10.1. The van der Waals surface area contributed by atoms with E-state index in [1.165, 1.54) is 0 Å². The van der Waals surface area contributed by atoms with Crippen molar-refractivity contribution in [2.45, 2.75) is 33.3 Å². The first-order valence-corrected chi connectivity index (χ1v) is 8.01. The number of aryl methyl sites for hydroxylation is 2. The highest BCUT2D eigenvalue weighted by Crippen LogP contribution is 2.24. The molecule has 5 nitrogen and oxygen atoms in total. The van der Waals surface area contributed by atoms with Gasteiger partial charge in [-0.15, -0.1) is 0 Å². The quantitative estimate of drug-likeness (QED) is 0.881. The minimum Gasteiger partial charge on any atom is -0.487 e. The van der Waals surface area contributed by atoms with Gasteiger partial charge in [0.25, 0.3) is 5.91 Å². The van der Waals surface area contributed by atoms with Gasteiger partial charge in [-0.25, -0.2) is 0 Å². The van der Waals surface area contributed by atoms with Gasteiger partial charge in [-0.3, -0.25) is 9.48 Å². The van der Waals surface area contributed by atoms with E-state index >= 15 is 0 Å². The number of nitrogens with zero attached hydrogens (tertiary/aromatic N) is 2. The van der Waals surface area contributed by atoms with E-state index in [0.29, 0.717) is 22.9 Å². The fourth-order valence-electron chi connectivity index (χ4n) is 2.39. The van der Waals surface area contributed by atoms with Crippen molar-refractivity contribution in [3.8, 4) is 5.75 Å². The van der Waals surface area contributed by atoms with Gasteiger partial charge in [-0.1, -0.05) is 30.7 Å². The summed E-state index contributed by atoms with van der Waals surface area (Å²) in [5, 5.41) is 7.76. The fraction of sp³-hybridized carbons (Fsp3) is 0.412. The molecular weight excluding hydrogens is 314 g/mol. The third-order valence-corrected chi connectivity index (χ3v) is 4.12. The molecule has 0 aliphatic carbocycles. The van der Waals surface area contributed by atoms with Crippen LogP contribution in [0.1, 0.15) is 35.1 Å². The standard InChI is InChI=1S/C17H22ClN3O2/c1-5-13(23-15-9-7-6-8-14(15)18)10-19-17(22)16-11(2)20-21(4)12(16)3/h6-9,13H,5,10H2,1-4H3,(H,19,22)/t13-/m1/s1. The van der Waals surface area contributed by atoms with Crippen molar-refractivity contribution in [3.05, 3.63) is 46.2 Å². The van der Waals surface area contributed by atoms with Crippen molar-refractivity contribution < 1.29 is 9.53 Å². The number of rotatable bonds is 6. The molecule has 1 aromatic heterocycles. The summed E-state index contributed by atoms with van der Waals surface area (Å²) in [5.74, 6) is 0.498. The normalized spacial score (nSPS) is 12.0. The predicted molar refractivity (Wildman–Crippen MR) is 91.2 cm³/mol. The van der Waals surface area contributed by atoms with E-state index in [1.807, 2.05) is 46.0 Å². The monoisotopic (exact) mass is 335 g/mol. The zero-order valence-electron chi connectivity index (χ0n) is 13.9. The Bertz CT molecular complexity index is 697. The molecule has 0 fully saturated rings. The Labute approximate surface area is 141 Å². The first kappa shape index (κ1) is 17.3. The number of halogens is 1. The van der Waals surface area contributed by atoms with Crippen LogP contribution in [0.25, 0.3) is 0 Å². The van der Waals surface area contributed by atoms with Gasteiger partial charge in [0, 0.05) is 12.7 Å². The lowest BCUT2D eigenvalue weighted by Crippen LogP contribution is -2.35. The third-order valence-electron chi connectivity index (χ3n) is 3.81. The third kappa shape index (κ3) is 4.05. The smallest absolute Gasteiger partial charge is 0.255 e.